The number of nitrogens with zero attached hydrogens (tertiary/aromatic N) is 10. The number of carbonyl (C=O) groups excluding carboxylic acids is 3. The van der Waals surface area contributed by atoms with Crippen LogP contribution in [-0.4, -0.2) is 78.1 Å². The van der Waals surface area contributed by atoms with Gasteiger partial charge in [-0.15, -0.1) is 5.10 Å². The summed E-state index contributed by atoms with van der Waals surface area (Å²) in [5.41, 5.74) is 3.31. The fourth-order valence-corrected chi connectivity index (χ4v) is 5.16. The molecule has 1 unspecified atom stereocenters. The van der Waals surface area contributed by atoms with E-state index in [0.717, 1.165) is 29.1 Å². The molecule has 2 saturated carbocycles. The van der Waals surface area contributed by atoms with E-state index in [1.165, 1.54) is 23.0 Å². The van der Waals surface area contributed by atoms with Gasteiger partial charge < -0.3 is 4.74 Å². The lowest BCUT2D eigenvalue weighted by molar-refractivity contribution is -0.124. The van der Waals surface area contributed by atoms with Crippen molar-refractivity contribution in [1.29, 1.82) is 0 Å². The number of aryl methyl sites for hydroxylation is 1. The quantitative estimate of drug-likeness (QED) is 0.289. The number of urea groups is 1. The maximum absolute atomic E-state index is 13.1. The van der Waals surface area contributed by atoms with Crippen molar-refractivity contribution in [2.45, 2.75) is 44.6 Å². The highest BCUT2D eigenvalue weighted by atomic mass is 16.5. The lowest BCUT2D eigenvalue weighted by Gasteiger charge is -2.16. The van der Waals surface area contributed by atoms with Crippen molar-refractivity contribution in [2.24, 2.45) is 5.92 Å². The number of likely N-dealkylation sites (N-methyl/N-ethyl adjacent to an activating group) is 1. The molecule has 1 saturated heterocycles. The standard InChI is InChI=1S/C28H28N10O4/c1-15-6-7-29-25(31-15)19-9-20(19)27(40)35(2)23-8-18(11-30-33-23)42-14-17-12-38-26(32-17)22(10-21(34-38)16-4-5-16)37-13-24(39)36(3)28(37)41/h6-8,10-12,16,19-20H,4-5,9,13-14H2,1-3H3/t19-,20?/m0/s1. The minimum atomic E-state index is -0.395. The molecular weight excluding hydrogens is 540 g/mol. The largest absolute Gasteiger partial charge is 0.485 e. The first-order valence-electron chi connectivity index (χ1n) is 13.8. The van der Waals surface area contributed by atoms with Crippen molar-refractivity contribution in [3.8, 4) is 5.75 Å². The first kappa shape index (κ1) is 25.9. The van der Waals surface area contributed by atoms with Crippen LogP contribution in [-0.2, 0) is 16.2 Å². The SMILES string of the molecule is Cc1ccnc([C@H]2CC2C(=O)N(C)c2cc(OCc3cn4nc(C5CC5)cc(N5CC(=O)N(C)C5=O)c4n3)cnn2)n1. The minimum Gasteiger partial charge on any atom is -0.485 e. The molecule has 2 atom stereocenters. The van der Waals surface area contributed by atoms with Gasteiger partial charge in [0.1, 0.15) is 24.7 Å². The molecule has 3 aliphatic rings. The Morgan fingerprint density at radius 3 is 2.76 bits per heavy atom. The molecule has 0 radical (unpaired) electrons. The van der Waals surface area contributed by atoms with E-state index in [-0.39, 0.29) is 36.8 Å². The molecule has 0 spiro atoms. The second kappa shape index (κ2) is 9.82. The zero-order chi connectivity index (χ0) is 29.1. The molecule has 7 rings (SSSR count). The molecular formula is C28H28N10O4. The number of imidazole rings is 1. The summed E-state index contributed by atoms with van der Waals surface area (Å²) in [6, 6.07) is 4.95. The van der Waals surface area contributed by atoms with E-state index < -0.39 is 6.03 Å². The van der Waals surface area contributed by atoms with Crippen LogP contribution >= 0.6 is 0 Å². The van der Waals surface area contributed by atoms with E-state index in [2.05, 4.69) is 25.1 Å². The van der Waals surface area contributed by atoms with Gasteiger partial charge in [0.2, 0.25) is 11.8 Å². The molecule has 2 aliphatic carbocycles. The van der Waals surface area contributed by atoms with E-state index in [0.29, 0.717) is 46.8 Å². The lowest BCUT2D eigenvalue weighted by Crippen LogP contribution is -2.30. The molecule has 5 heterocycles. The molecule has 42 heavy (non-hydrogen) atoms. The van der Waals surface area contributed by atoms with Crippen LogP contribution in [0.5, 0.6) is 5.75 Å². The van der Waals surface area contributed by atoms with Crippen LogP contribution < -0.4 is 14.5 Å². The van der Waals surface area contributed by atoms with E-state index in [9.17, 15) is 14.4 Å². The minimum absolute atomic E-state index is 0.00408. The van der Waals surface area contributed by atoms with Crippen molar-refractivity contribution in [2.75, 3.05) is 30.4 Å². The van der Waals surface area contributed by atoms with Crippen LogP contribution in [0.25, 0.3) is 5.65 Å². The number of carbonyl (C=O) groups is 3. The first-order chi connectivity index (χ1) is 20.3. The Labute approximate surface area is 240 Å². The number of aromatic nitrogens is 7. The smallest absolute Gasteiger partial charge is 0.331 e. The molecule has 14 nitrogen and oxygen atoms in total. The lowest BCUT2D eigenvalue weighted by atomic mass is 10.2. The molecule has 14 heteroatoms. The van der Waals surface area contributed by atoms with Crippen molar-refractivity contribution in [3.05, 3.63) is 59.7 Å². The Hall–Kier alpha value is -5.01. The Kier molecular flexibility index (Phi) is 6.06. The summed E-state index contributed by atoms with van der Waals surface area (Å²) in [6.07, 6.45) is 7.69. The third kappa shape index (κ3) is 4.67. The fourth-order valence-electron chi connectivity index (χ4n) is 5.16. The molecule has 4 aromatic rings. The number of rotatable bonds is 8. The monoisotopic (exact) mass is 568 g/mol. The van der Waals surface area contributed by atoms with E-state index in [1.54, 1.807) is 30.0 Å². The van der Waals surface area contributed by atoms with Crippen LogP contribution in [0.3, 0.4) is 0 Å². The van der Waals surface area contributed by atoms with Gasteiger partial charge in [0, 0.05) is 49.8 Å². The maximum atomic E-state index is 13.1. The Balaban J connectivity index is 1.07. The number of imide groups is 1. The van der Waals surface area contributed by atoms with Crippen LogP contribution in [0, 0.1) is 12.8 Å². The van der Waals surface area contributed by atoms with E-state index in [1.807, 2.05) is 19.1 Å². The molecule has 0 bridgehead atoms. The highest BCUT2D eigenvalue weighted by Crippen LogP contribution is 2.47. The van der Waals surface area contributed by atoms with Crippen LogP contribution in [0.2, 0.25) is 0 Å². The van der Waals surface area contributed by atoms with Crippen molar-refractivity contribution in [3.63, 3.8) is 0 Å². The number of hydrogen-bond donors (Lipinski definition) is 0. The highest BCUT2D eigenvalue weighted by molar-refractivity contribution is 6.13. The highest BCUT2D eigenvalue weighted by Gasteiger charge is 2.47. The number of anilines is 2. The Bertz CT molecular complexity index is 1750. The molecule has 4 amide bonds. The number of hydrogen-bond acceptors (Lipinski definition) is 10. The summed E-state index contributed by atoms with van der Waals surface area (Å²) in [6.45, 7) is 1.95. The van der Waals surface area contributed by atoms with Gasteiger partial charge in [-0.3, -0.25) is 24.3 Å². The average molecular weight is 569 g/mol. The Morgan fingerprint density at radius 1 is 1.19 bits per heavy atom. The average Bonchev–Trinajstić information content (AvgIpc) is 3.92. The molecule has 0 N–H and O–H groups in total. The van der Waals surface area contributed by atoms with E-state index >= 15 is 0 Å². The van der Waals surface area contributed by atoms with Gasteiger partial charge in [-0.05, 0) is 38.3 Å². The second-order valence-electron chi connectivity index (χ2n) is 11.0. The van der Waals surface area contributed by atoms with Crippen LogP contribution in [0.1, 0.15) is 54.0 Å². The summed E-state index contributed by atoms with van der Waals surface area (Å²) in [4.78, 5) is 55.6. The first-order valence-corrected chi connectivity index (χ1v) is 13.8. The third-order valence-electron chi connectivity index (χ3n) is 7.88. The van der Waals surface area contributed by atoms with Crippen molar-refractivity contribution < 1.29 is 19.1 Å². The molecule has 0 aromatic carbocycles. The van der Waals surface area contributed by atoms with Gasteiger partial charge in [0.05, 0.1) is 29.5 Å². The third-order valence-corrected chi connectivity index (χ3v) is 7.88. The molecule has 3 fully saturated rings. The molecule has 214 valence electrons. The maximum Gasteiger partial charge on any atom is 0.331 e. The normalized spacial score (nSPS) is 20.0. The van der Waals surface area contributed by atoms with Crippen LogP contribution in [0.4, 0.5) is 16.3 Å². The van der Waals surface area contributed by atoms with Crippen LogP contribution in [0.15, 0.2) is 36.8 Å². The summed E-state index contributed by atoms with van der Waals surface area (Å²) >= 11 is 0. The summed E-state index contributed by atoms with van der Waals surface area (Å²) in [7, 11) is 3.14. The predicted octanol–water partition coefficient (Wildman–Crippen LogP) is 2.24. The molecule has 4 aromatic heterocycles. The van der Waals surface area contributed by atoms with Gasteiger partial charge in [0.15, 0.2) is 11.5 Å². The topological polar surface area (TPSA) is 152 Å². The van der Waals surface area contributed by atoms with E-state index in [4.69, 9.17) is 9.84 Å². The van der Waals surface area contributed by atoms with Crippen molar-refractivity contribution in [1.82, 2.24) is 39.7 Å². The zero-order valence-corrected chi connectivity index (χ0v) is 23.3. The van der Waals surface area contributed by atoms with Gasteiger partial charge in [-0.1, -0.05) is 0 Å². The summed E-state index contributed by atoms with van der Waals surface area (Å²) < 4.78 is 7.62. The van der Waals surface area contributed by atoms with Gasteiger partial charge in [0.25, 0.3) is 0 Å². The number of ether oxygens (including phenoxy) is 1. The van der Waals surface area contributed by atoms with Gasteiger partial charge in [-0.2, -0.15) is 10.2 Å². The number of amides is 4. The van der Waals surface area contributed by atoms with Gasteiger partial charge in [-0.25, -0.2) is 24.3 Å². The van der Waals surface area contributed by atoms with Gasteiger partial charge >= 0.3 is 6.03 Å². The number of fused-ring (bicyclic) bond motifs is 1. The predicted molar refractivity (Wildman–Crippen MR) is 148 cm³/mol. The second-order valence-corrected chi connectivity index (χ2v) is 11.0. The van der Waals surface area contributed by atoms with Crippen molar-refractivity contribution >= 4 is 35.0 Å². The Morgan fingerprint density at radius 2 is 2.02 bits per heavy atom. The molecule has 1 aliphatic heterocycles. The summed E-state index contributed by atoms with van der Waals surface area (Å²) in [5, 5.41) is 12.9. The summed E-state index contributed by atoms with van der Waals surface area (Å²) in [5.74, 6) is 1.23. The zero-order valence-electron chi connectivity index (χ0n) is 23.3. The fraction of sp³-hybridized carbons (Fsp3) is 0.393.